The van der Waals surface area contributed by atoms with Crippen LogP contribution < -0.4 is 4.72 Å². The van der Waals surface area contributed by atoms with E-state index in [1.54, 1.807) is 0 Å². The van der Waals surface area contributed by atoms with Crippen molar-refractivity contribution in [2.75, 3.05) is 4.72 Å². The number of carboxylic acids is 1. The highest BCUT2D eigenvalue weighted by Gasteiger charge is 2.15. The minimum Gasteiger partial charge on any atom is -0.478 e. The van der Waals surface area contributed by atoms with Crippen LogP contribution in [0.3, 0.4) is 0 Å². The minimum atomic E-state index is -3.83. The molecular weight excluding hydrogens is 284 g/mol. The largest absolute Gasteiger partial charge is 0.478 e. The maximum Gasteiger partial charge on any atom is 0.328 e. The molecule has 2 heterocycles. The van der Waals surface area contributed by atoms with Gasteiger partial charge in [0.25, 0.3) is 10.0 Å². The number of H-pyrrole nitrogens is 1. The van der Waals surface area contributed by atoms with Gasteiger partial charge in [0.05, 0.1) is 0 Å². The molecule has 0 saturated heterocycles. The van der Waals surface area contributed by atoms with Gasteiger partial charge in [-0.3, -0.25) is 4.98 Å². The molecule has 20 heavy (non-hydrogen) atoms. The average Bonchev–Trinajstić information content (AvgIpc) is 2.89. The maximum atomic E-state index is 12.0. The molecule has 0 radical (unpaired) electrons. The van der Waals surface area contributed by atoms with E-state index >= 15 is 0 Å². The summed E-state index contributed by atoms with van der Waals surface area (Å²) in [6, 6.07) is 1.30. The Morgan fingerprint density at radius 2 is 2.20 bits per heavy atom. The summed E-state index contributed by atoms with van der Waals surface area (Å²) in [7, 11) is -3.83. The van der Waals surface area contributed by atoms with Crippen LogP contribution in [-0.4, -0.2) is 34.4 Å². The molecule has 0 aliphatic heterocycles. The van der Waals surface area contributed by atoms with E-state index in [9.17, 15) is 13.2 Å². The molecule has 0 amide bonds. The number of carbonyl (C=O) groups is 1. The van der Waals surface area contributed by atoms with Gasteiger partial charge in [-0.1, -0.05) is 0 Å². The van der Waals surface area contributed by atoms with Gasteiger partial charge in [0, 0.05) is 30.9 Å². The lowest BCUT2D eigenvalue weighted by Gasteiger charge is -2.05. The Kier molecular flexibility index (Phi) is 3.80. The molecule has 0 saturated carbocycles. The second kappa shape index (κ2) is 5.53. The van der Waals surface area contributed by atoms with E-state index in [0.29, 0.717) is 5.56 Å². The molecule has 0 bridgehead atoms. The third kappa shape index (κ3) is 3.42. The molecule has 8 nitrogen and oxygen atoms in total. The number of hydrogen-bond acceptors (Lipinski definition) is 5. The normalized spacial score (nSPS) is 11.6. The Morgan fingerprint density at radius 3 is 2.85 bits per heavy atom. The van der Waals surface area contributed by atoms with Crippen LogP contribution in [0.25, 0.3) is 6.08 Å². The first-order valence-electron chi connectivity index (χ1n) is 5.35. The Balaban J connectivity index is 2.28. The number of hydrogen-bond donors (Lipinski definition) is 3. The third-order valence-corrected chi connectivity index (χ3v) is 3.50. The standard InChI is InChI=1S/C11H10N4O4S/c16-10(17)2-1-8-5-9(7-12-6-8)20(18,19)15-11-13-3-4-14-11/h1-7H,(H,16,17)(H2,13,14,15). The first-order chi connectivity index (χ1) is 9.47. The van der Waals surface area contributed by atoms with E-state index in [0.717, 1.165) is 12.3 Å². The summed E-state index contributed by atoms with van der Waals surface area (Å²) in [6.45, 7) is 0. The van der Waals surface area contributed by atoms with Gasteiger partial charge in [-0.25, -0.2) is 22.9 Å². The molecular formula is C11H10N4O4S. The highest BCUT2D eigenvalue weighted by molar-refractivity contribution is 7.92. The molecule has 0 unspecified atom stereocenters. The van der Waals surface area contributed by atoms with Gasteiger partial charge in [0.2, 0.25) is 5.95 Å². The molecule has 0 fully saturated rings. The number of rotatable bonds is 5. The number of anilines is 1. The zero-order valence-electron chi connectivity index (χ0n) is 10.0. The van der Waals surface area contributed by atoms with Crippen LogP contribution in [0, 0.1) is 0 Å². The lowest BCUT2D eigenvalue weighted by molar-refractivity contribution is -0.131. The Labute approximate surface area is 114 Å². The fourth-order valence-electron chi connectivity index (χ4n) is 1.35. The second-order valence-corrected chi connectivity index (χ2v) is 5.35. The molecule has 0 aliphatic carbocycles. The van der Waals surface area contributed by atoms with Gasteiger partial charge in [-0.05, 0) is 17.7 Å². The van der Waals surface area contributed by atoms with Crippen LogP contribution in [0.15, 0.2) is 41.8 Å². The van der Waals surface area contributed by atoms with Crippen LogP contribution in [-0.2, 0) is 14.8 Å². The molecule has 2 aromatic rings. The summed E-state index contributed by atoms with van der Waals surface area (Å²) in [5.41, 5.74) is 0.356. The molecule has 104 valence electrons. The van der Waals surface area contributed by atoms with Crippen molar-refractivity contribution in [3.63, 3.8) is 0 Å². The number of aliphatic carboxylic acids is 1. The van der Waals surface area contributed by atoms with E-state index in [2.05, 4.69) is 19.7 Å². The molecule has 9 heteroatoms. The second-order valence-electron chi connectivity index (χ2n) is 3.67. The van der Waals surface area contributed by atoms with Crippen LogP contribution in [0.5, 0.6) is 0 Å². The Bertz CT molecular complexity index is 738. The summed E-state index contributed by atoms with van der Waals surface area (Å²) in [5, 5.41) is 8.52. The molecule has 2 rings (SSSR count). The number of pyridine rings is 1. The molecule has 3 N–H and O–H groups in total. The number of aromatic nitrogens is 3. The summed E-state index contributed by atoms with van der Waals surface area (Å²) < 4.78 is 26.3. The van der Waals surface area contributed by atoms with Crippen molar-refractivity contribution < 1.29 is 18.3 Å². The topological polar surface area (TPSA) is 125 Å². The van der Waals surface area contributed by atoms with Gasteiger partial charge in [-0.15, -0.1) is 0 Å². The van der Waals surface area contributed by atoms with E-state index < -0.39 is 16.0 Å². The molecule has 0 aliphatic rings. The maximum absolute atomic E-state index is 12.0. The van der Waals surface area contributed by atoms with Crippen LogP contribution in [0.1, 0.15) is 5.56 Å². The number of nitrogens with one attached hydrogen (secondary N) is 2. The highest BCUT2D eigenvalue weighted by atomic mass is 32.2. The predicted octanol–water partition coefficient (Wildman–Crippen LogP) is 0.703. The fourth-order valence-corrected chi connectivity index (χ4v) is 2.32. The van der Waals surface area contributed by atoms with Gasteiger partial charge < -0.3 is 10.1 Å². The fraction of sp³-hybridized carbons (Fsp3) is 0. The van der Waals surface area contributed by atoms with Crippen molar-refractivity contribution in [1.29, 1.82) is 0 Å². The monoisotopic (exact) mass is 294 g/mol. The quantitative estimate of drug-likeness (QED) is 0.697. The van der Waals surface area contributed by atoms with Gasteiger partial charge in [0.15, 0.2) is 0 Å². The van der Waals surface area contributed by atoms with Crippen molar-refractivity contribution in [1.82, 2.24) is 15.0 Å². The minimum absolute atomic E-state index is 0.0801. The zero-order valence-corrected chi connectivity index (χ0v) is 10.8. The Morgan fingerprint density at radius 1 is 1.40 bits per heavy atom. The molecule has 2 aromatic heterocycles. The summed E-state index contributed by atoms with van der Waals surface area (Å²) >= 11 is 0. The SMILES string of the molecule is O=C(O)C=Cc1cncc(S(=O)(=O)Nc2ncc[nH]2)c1. The molecule has 0 atom stereocenters. The number of imidazole rings is 1. The van der Waals surface area contributed by atoms with Crippen molar-refractivity contribution in [3.05, 3.63) is 42.5 Å². The van der Waals surface area contributed by atoms with Crippen molar-refractivity contribution in [3.8, 4) is 0 Å². The third-order valence-electron chi connectivity index (χ3n) is 2.19. The number of nitrogens with zero attached hydrogens (tertiary/aromatic N) is 2. The highest BCUT2D eigenvalue weighted by Crippen LogP contribution is 2.14. The zero-order chi connectivity index (χ0) is 14.6. The first kappa shape index (κ1) is 13.7. The van der Waals surface area contributed by atoms with Gasteiger partial charge in [-0.2, -0.15) is 0 Å². The van der Waals surface area contributed by atoms with Gasteiger partial charge >= 0.3 is 5.97 Å². The van der Waals surface area contributed by atoms with Crippen LogP contribution in [0.4, 0.5) is 5.95 Å². The molecule has 0 spiro atoms. The van der Waals surface area contributed by atoms with Crippen LogP contribution >= 0.6 is 0 Å². The van der Waals surface area contributed by atoms with E-state index in [-0.39, 0.29) is 10.8 Å². The van der Waals surface area contributed by atoms with Crippen molar-refractivity contribution in [2.24, 2.45) is 0 Å². The summed E-state index contributed by atoms with van der Waals surface area (Å²) in [5.74, 6) is -1.05. The lowest BCUT2D eigenvalue weighted by Crippen LogP contribution is -2.14. The number of carboxylic acid groups (broad SMARTS) is 1. The first-order valence-corrected chi connectivity index (χ1v) is 6.84. The predicted molar refractivity (Wildman–Crippen MR) is 70.3 cm³/mol. The van der Waals surface area contributed by atoms with Crippen LogP contribution in [0.2, 0.25) is 0 Å². The molecule has 0 aromatic carbocycles. The average molecular weight is 294 g/mol. The summed E-state index contributed by atoms with van der Waals surface area (Å²) in [6.07, 6.45) is 7.54. The number of aromatic amines is 1. The Hall–Kier alpha value is -2.68. The smallest absolute Gasteiger partial charge is 0.328 e. The van der Waals surface area contributed by atoms with Crippen molar-refractivity contribution >= 4 is 28.0 Å². The van der Waals surface area contributed by atoms with E-state index in [4.69, 9.17) is 5.11 Å². The van der Waals surface area contributed by atoms with E-state index in [1.807, 2.05) is 0 Å². The van der Waals surface area contributed by atoms with Gasteiger partial charge in [0.1, 0.15) is 4.90 Å². The van der Waals surface area contributed by atoms with E-state index in [1.165, 1.54) is 30.7 Å². The summed E-state index contributed by atoms with van der Waals surface area (Å²) in [4.78, 5) is 20.4. The van der Waals surface area contributed by atoms with Crippen molar-refractivity contribution in [2.45, 2.75) is 4.90 Å². The lowest BCUT2D eigenvalue weighted by atomic mass is 10.2. The number of sulfonamides is 1.